The molecule has 2 aromatic rings. The predicted octanol–water partition coefficient (Wildman–Crippen LogP) is 2.65. The van der Waals surface area contributed by atoms with Gasteiger partial charge >= 0.3 is 6.03 Å². The smallest absolute Gasteiger partial charge is 0.315 e. The fourth-order valence-electron chi connectivity index (χ4n) is 3.13. The average Bonchev–Trinajstić information content (AvgIpc) is 2.92. The third kappa shape index (κ3) is 3.67. The van der Waals surface area contributed by atoms with E-state index in [1.807, 2.05) is 30.0 Å². The van der Waals surface area contributed by atoms with Crippen molar-refractivity contribution < 1.29 is 9.59 Å². The van der Waals surface area contributed by atoms with E-state index >= 15 is 0 Å². The molecule has 0 radical (unpaired) electrons. The van der Waals surface area contributed by atoms with Crippen molar-refractivity contribution in [1.82, 2.24) is 15.5 Å². The Balaban J connectivity index is 1.65. The zero-order chi connectivity index (χ0) is 16.9. The summed E-state index contributed by atoms with van der Waals surface area (Å²) < 4.78 is 0. The third-order valence-corrected chi connectivity index (χ3v) is 4.33. The molecule has 1 aliphatic rings. The minimum Gasteiger partial charge on any atom is -0.338 e. The molecular weight excluding hydrogens is 302 g/mol. The van der Waals surface area contributed by atoms with Crippen LogP contribution in [0.15, 0.2) is 42.5 Å². The molecule has 3 rings (SSSR count). The molecule has 1 atom stereocenters. The summed E-state index contributed by atoms with van der Waals surface area (Å²) in [5, 5.41) is 8.01. The molecule has 0 saturated carbocycles. The molecule has 0 aliphatic carbocycles. The van der Waals surface area contributed by atoms with Crippen molar-refractivity contribution in [3.05, 3.63) is 48.0 Å². The van der Waals surface area contributed by atoms with Crippen molar-refractivity contribution in [2.24, 2.45) is 0 Å². The lowest BCUT2D eigenvalue weighted by molar-refractivity contribution is -0.128. The van der Waals surface area contributed by atoms with Gasteiger partial charge in [0.05, 0.1) is 6.04 Å². The van der Waals surface area contributed by atoms with Crippen LogP contribution in [0.4, 0.5) is 4.79 Å². The molecule has 1 fully saturated rings. The van der Waals surface area contributed by atoms with Gasteiger partial charge in [0, 0.05) is 26.1 Å². The van der Waals surface area contributed by atoms with Crippen molar-refractivity contribution in [2.45, 2.75) is 32.4 Å². The van der Waals surface area contributed by atoms with E-state index in [1.54, 1.807) is 0 Å². The van der Waals surface area contributed by atoms with E-state index in [4.69, 9.17) is 0 Å². The number of rotatable bonds is 5. The summed E-state index contributed by atoms with van der Waals surface area (Å²) in [6.45, 7) is 3.79. The van der Waals surface area contributed by atoms with Crippen LogP contribution >= 0.6 is 0 Å². The summed E-state index contributed by atoms with van der Waals surface area (Å²) in [6.07, 6.45) is 1.26. The summed E-state index contributed by atoms with van der Waals surface area (Å²) >= 11 is 0. The Labute approximate surface area is 142 Å². The van der Waals surface area contributed by atoms with Crippen LogP contribution in [-0.4, -0.2) is 36.0 Å². The Morgan fingerprint density at radius 1 is 1.21 bits per heavy atom. The lowest BCUT2D eigenvalue weighted by Gasteiger charge is -2.18. The molecule has 5 nitrogen and oxygen atoms in total. The van der Waals surface area contributed by atoms with Gasteiger partial charge in [0.1, 0.15) is 0 Å². The second kappa shape index (κ2) is 7.34. The quantitative estimate of drug-likeness (QED) is 0.888. The largest absolute Gasteiger partial charge is 0.338 e. The first-order valence-corrected chi connectivity index (χ1v) is 8.46. The number of carbonyl (C=O) groups is 2. The number of nitrogens with one attached hydrogen (secondary N) is 2. The van der Waals surface area contributed by atoms with E-state index in [0.29, 0.717) is 26.1 Å². The predicted molar refractivity (Wildman–Crippen MR) is 94.6 cm³/mol. The van der Waals surface area contributed by atoms with Gasteiger partial charge in [0.2, 0.25) is 5.91 Å². The number of benzene rings is 2. The number of amides is 3. The fraction of sp³-hybridized carbons (Fsp3) is 0.368. The first-order chi connectivity index (χ1) is 11.7. The number of fused-ring (bicyclic) bond motifs is 1. The maximum absolute atomic E-state index is 12.3. The second-order valence-corrected chi connectivity index (χ2v) is 6.21. The molecule has 2 N–H and O–H groups in total. The summed E-state index contributed by atoms with van der Waals surface area (Å²) in [5.74, 6) is 0.0868. The number of carbonyl (C=O) groups excluding carboxylic acids is 2. The Hall–Kier alpha value is -2.56. The molecule has 0 aromatic heterocycles. The minimum absolute atomic E-state index is 0.0868. The van der Waals surface area contributed by atoms with Crippen molar-refractivity contribution in [3.8, 4) is 0 Å². The molecule has 1 saturated heterocycles. The Bertz CT molecular complexity index is 739. The molecule has 3 amide bonds. The zero-order valence-corrected chi connectivity index (χ0v) is 13.9. The van der Waals surface area contributed by atoms with Gasteiger partial charge < -0.3 is 15.5 Å². The molecule has 1 aliphatic heterocycles. The maximum atomic E-state index is 12.3. The third-order valence-electron chi connectivity index (χ3n) is 4.33. The van der Waals surface area contributed by atoms with Gasteiger partial charge in [-0.15, -0.1) is 0 Å². The van der Waals surface area contributed by atoms with E-state index in [0.717, 1.165) is 12.0 Å². The molecule has 5 heteroatoms. The number of nitrogens with zero attached hydrogens (tertiary/aromatic N) is 1. The normalized spacial score (nSPS) is 17.3. The maximum Gasteiger partial charge on any atom is 0.315 e. The van der Waals surface area contributed by atoms with Gasteiger partial charge in [0.25, 0.3) is 0 Å². The fourth-order valence-corrected chi connectivity index (χ4v) is 3.13. The van der Waals surface area contributed by atoms with Gasteiger partial charge in [0.15, 0.2) is 0 Å². The van der Waals surface area contributed by atoms with Gasteiger partial charge in [-0.05, 0) is 22.8 Å². The average molecular weight is 325 g/mol. The summed E-state index contributed by atoms with van der Waals surface area (Å²) in [7, 11) is 0. The second-order valence-electron chi connectivity index (χ2n) is 6.21. The number of hydrogen-bond donors (Lipinski definition) is 2. The molecule has 2 aromatic carbocycles. The van der Waals surface area contributed by atoms with E-state index in [2.05, 4.69) is 34.9 Å². The lowest BCUT2D eigenvalue weighted by Crippen LogP contribution is -2.43. The molecule has 0 unspecified atom stereocenters. The Kier molecular flexibility index (Phi) is 4.99. The van der Waals surface area contributed by atoms with E-state index in [9.17, 15) is 9.59 Å². The van der Waals surface area contributed by atoms with Crippen molar-refractivity contribution in [2.75, 3.05) is 13.1 Å². The SMILES string of the molecule is CCCNC(=O)N[C@H]1CC(=O)N(Cc2cccc3ccccc23)C1. The van der Waals surface area contributed by atoms with E-state index in [1.165, 1.54) is 10.8 Å². The van der Waals surface area contributed by atoms with Crippen LogP contribution in [0.5, 0.6) is 0 Å². The summed E-state index contributed by atoms with van der Waals surface area (Å²) in [6, 6.07) is 14.0. The van der Waals surface area contributed by atoms with Gasteiger partial charge in [-0.1, -0.05) is 49.4 Å². The van der Waals surface area contributed by atoms with Crippen molar-refractivity contribution >= 4 is 22.7 Å². The van der Waals surface area contributed by atoms with Crippen LogP contribution in [0.3, 0.4) is 0 Å². The molecular formula is C19H23N3O2. The number of likely N-dealkylation sites (tertiary alicyclic amines) is 1. The monoisotopic (exact) mass is 325 g/mol. The first-order valence-electron chi connectivity index (χ1n) is 8.46. The van der Waals surface area contributed by atoms with E-state index < -0.39 is 0 Å². The summed E-state index contributed by atoms with van der Waals surface area (Å²) in [5.41, 5.74) is 1.14. The molecule has 0 spiro atoms. The van der Waals surface area contributed by atoms with Crippen molar-refractivity contribution in [1.29, 1.82) is 0 Å². The molecule has 24 heavy (non-hydrogen) atoms. The van der Waals surface area contributed by atoms with Crippen LogP contribution in [0.2, 0.25) is 0 Å². The van der Waals surface area contributed by atoms with Crippen LogP contribution < -0.4 is 10.6 Å². The highest BCUT2D eigenvalue weighted by atomic mass is 16.2. The highest BCUT2D eigenvalue weighted by molar-refractivity contribution is 5.87. The lowest BCUT2D eigenvalue weighted by atomic mass is 10.0. The first kappa shape index (κ1) is 16.3. The zero-order valence-electron chi connectivity index (χ0n) is 13.9. The van der Waals surface area contributed by atoms with Crippen LogP contribution in [0.25, 0.3) is 10.8 Å². The van der Waals surface area contributed by atoms with Gasteiger partial charge in [-0.2, -0.15) is 0 Å². The van der Waals surface area contributed by atoms with Crippen LogP contribution in [-0.2, 0) is 11.3 Å². The molecule has 1 heterocycles. The Morgan fingerprint density at radius 2 is 2.00 bits per heavy atom. The minimum atomic E-state index is -0.193. The van der Waals surface area contributed by atoms with Gasteiger partial charge in [-0.3, -0.25) is 4.79 Å². The van der Waals surface area contributed by atoms with Crippen molar-refractivity contribution in [3.63, 3.8) is 0 Å². The summed E-state index contributed by atoms with van der Waals surface area (Å²) in [4.78, 5) is 25.9. The number of hydrogen-bond acceptors (Lipinski definition) is 2. The number of urea groups is 1. The molecule has 126 valence electrons. The highest BCUT2D eigenvalue weighted by Crippen LogP contribution is 2.22. The van der Waals surface area contributed by atoms with Crippen LogP contribution in [0, 0.1) is 0 Å². The Morgan fingerprint density at radius 3 is 2.83 bits per heavy atom. The topological polar surface area (TPSA) is 61.4 Å². The van der Waals surface area contributed by atoms with Gasteiger partial charge in [-0.25, -0.2) is 4.79 Å². The molecule has 0 bridgehead atoms. The standard InChI is InChI=1S/C19H23N3O2/c1-2-10-20-19(24)21-16-11-18(23)22(13-16)12-15-8-5-7-14-6-3-4-9-17(14)15/h3-9,16H,2,10-13H2,1H3,(H2,20,21,24)/t16-/m0/s1. The highest BCUT2D eigenvalue weighted by Gasteiger charge is 2.30. The van der Waals surface area contributed by atoms with E-state index in [-0.39, 0.29) is 18.0 Å². The van der Waals surface area contributed by atoms with Crippen LogP contribution in [0.1, 0.15) is 25.3 Å².